The minimum Gasteiger partial charge on any atom is -0.508 e. The van der Waals surface area contributed by atoms with Gasteiger partial charge in [0.25, 0.3) is 0 Å². The van der Waals surface area contributed by atoms with Crippen molar-refractivity contribution in [3.8, 4) is 5.75 Å². The minimum atomic E-state index is -1.55. The molecule has 0 aromatic heterocycles. The molecule has 4 atom stereocenters. The van der Waals surface area contributed by atoms with E-state index in [2.05, 4.69) is 16.0 Å². The summed E-state index contributed by atoms with van der Waals surface area (Å²) in [6.45, 7) is 2.65. The fourth-order valence-electron chi connectivity index (χ4n) is 3.10. The predicted molar refractivity (Wildman–Crippen MR) is 124 cm³/mol. The van der Waals surface area contributed by atoms with E-state index in [-0.39, 0.29) is 24.5 Å². The first kappa shape index (κ1) is 29.3. The van der Waals surface area contributed by atoms with Crippen LogP contribution in [-0.2, 0) is 30.4 Å². The van der Waals surface area contributed by atoms with E-state index >= 15 is 0 Å². The van der Waals surface area contributed by atoms with Gasteiger partial charge in [0.15, 0.2) is 0 Å². The SMILES string of the molecule is CC(C)CC(NC(=O)C(CO)NC(=O)C(CC(N)=O)NC(=O)C(N)Cc1ccc(O)cc1)C(=O)O. The molecule has 0 bridgehead atoms. The van der Waals surface area contributed by atoms with Crippen LogP contribution in [0.4, 0.5) is 0 Å². The zero-order chi connectivity index (χ0) is 26.7. The Labute approximate surface area is 202 Å². The molecule has 0 heterocycles. The van der Waals surface area contributed by atoms with Crippen molar-refractivity contribution in [2.24, 2.45) is 17.4 Å². The summed E-state index contributed by atoms with van der Waals surface area (Å²) in [7, 11) is 0. The number of amides is 4. The van der Waals surface area contributed by atoms with Gasteiger partial charge < -0.3 is 42.7 Å². The number of phenols is 1. The van der Waals surface area contributed by atoms with Gasteiger partial charge in [-0.2, -0.15) is 0 Å². The van der Waals surface area contributed by atoms with Crippen molar-refractivity contribution in [3.63, 3.8) is 0 Å². The molecule has 0 aliphatic carbocycles. The number of aliphatic hydroxyl groups excluding tert-OH is 1. The number of primary amides is 1. The molecule has 1 aromatic rings. The Bertz CT molecular complexity index is 906. The predicted octanol–water partition coefficient (Wildman–Crippen LogP) is -2.29. The van der Waals surface area contributed by atoms with Crippen LogP contribution in [0.3, 0.4) is 0 Å². The summed E-state index contributed by atoms with van der Waals surface area (Å²) in [5.74, 6) is -4.97. The molecule has 194 valence electrons. The van der Waals surface area contributed by atoms with E-state index in [9.17, 15) is 39.3 Å². The number of nitrogens with two attached hydrogens (primary N) is 2. The highest BCUT2D eigenvalue weighted by molar-refractivity contribution is 5.96. The number of aliphatic hydroxyl groups is 1. The molecule has 1 aromatic carbocycles. The maximum atomic E-state index is 12.7. The molecule has 0 radical (unpaired) electrons. The highest BCUT2D eigenvalue weighted by Gasteiger charge is 2.31. The van der Waals surface area contributed by atoms with Crippen LogP contribution in [0.2, 0.25) is 0 Å². The van der Waals surface area contributed by atoms with Crippen LogP contribution in [0.1, 0.15) is 32.3 Å². The van der Waals surface area contributed by atoms with E-state index in [0.29, 0.717) is 5.56 Å². The Balaban J connectivity index is 2.86. The van der Waals surface area contributed by atoms with Gasteiger partial charge in [-0.05, 0) is 36.5 Å². The van der Waals surface area contributed by atoms with E-state index in [0.717, 1.165) is 0 Å². The Hall–Kier alpha value is -3.71. The van der Waals surface area contributed by atoms with Crippen LogP contribution in [0.25, 0.3) is 0 Å². The fraction of sp³-hybridized carbons (Fsp3) is 0.500. The van der Waals surface area contributed by atoms with E-state index in [1.807, 2.05) is 0 Å². The monoisotopic (exact) mass is 495 g/mol. The number of hydrogen-bond donors (Lipinski definition) is 8. The van der Waals surface area contributed by atoms with Gasteiger partial charge in [0.1, 0.15) is 23.9 Å². The van der Waals surface area contributed by atoms with Gasteiger partial charge in [0.05, 0.1) is 19.1 Å². The molecular formula is C22H33N5O8. The fourth-order valence-corrected chi connectivity index (χ4v) is 3.10. The van der Waals surface area contributed by atoms with Gasteiger partial charge in [-0.25, -0.2) is 4.79 Å². The van der Waals surface area contributed by atoms with Gasteiger partial charge in [0.2, 0.25) is 23.6 Å². The number of benzene rings is 1. The Kier molecular flexibility index (Phi) is 11.6. The molecule has 0 aliphatic rings. The molecule has 4 amide bonds. The molecule has 0 saturated heterocycles. The summed E-state index contributed by atoms with van der Waals surface area (Å²) >= 11 is 0. The molecule has 0 aliphatic heterocycles. The van der Waals surface area contributed by atoms with Gasteiger partial charge in [-0.1, -0.05) is 26.0 Å². The summed E-state index contributed by atoms with van der Waals surface area (Å²) in [6, 6.07) is 0.542. The lowest BCUT2D eigenvalue weighted by atomic mass is 10.0. The quantitative estimate of drug-likeness (QED) is 0.138. The average Bonchev–Trinajstić information content (AvgIpc) is 2.76. The van der Waals surface area contributed by atoms with E-state index in [1.165, 1.54) is 12.1 Å². The molecule has 0 fully saturated rings. The van der Waals surface area contributed by atoms with E-state index < -0.39 is 66.8 Å². The van der Waals surface area contributed by atoms with Crippen LogP contribution < -0.4 is 27.4 Å². The average molecular weight is 496 g/mol. The molecule has 0 saturated carbocycles. The highest BCUT2D eigenvalue weighted by atomic mass is 16.4. The van der Waals surface area contributed by atoms with Gasteiger partial charge >= 0.3 is 5.97 Å². The van der Waals surface area contributed by atoms with Crippen LogP contribution in [0.15, 0.2) is 24.3 Å². The zero-order valence-corrected chi connectivity index (χ0v) is 19.6. The van der Waals surface area contributed by atoms with Crippen molar-refractivity contribution in [3.05, 3.63) is 29.8 Å². The van der Waals surface area contributed by atoms with Crippen LogP contribution in [-0.4, -0.2) is 75.7 Å². The number of carboxylic acids is 1. The summed E-state index contributed by atoms with van der Waals surface area (Å²) in [6.07, 6.45) is -0.439. The number of carbonyl (C=O) groups is 5. The third kappa shape index (κ3) is 10.4. The lowest BCUT2D eigenvalue weighted by Gasteiger charge is -2.24. The Morgan fingerprint density at radius 3 is 1.89 bits per heavy atom. The number of aromatic hydroxyl groups is 1. The lowest BCUT2D eigenvalue weighted by molar-refractivity contribution is -0.143. The number of carboxylic acid groups (broad SMARTS) is 1. The number of aliphatic carboxylic acids is 1. The number of carbonyl (C=O) groups excluding carboxylic acids is 4. The van der Waals surface area contributed by atoms with Gasteiger partial charge in [-0.3, -0.25) is 19.2 Å². The summed E-state index contributed by atoms with van der Waals surface area (Å²) < 4.78 is 0. The van der Waals surface area contributed by atoms with Gasteiger partial charge in [0, 0.05) is 0 Å². The highest BCUT2D eigenvalue weighted by Crippen LogP contribution is 2.11. The molecule has 13 nitrogen and oxygen atoms in total. The number of phenolic OH excluding ortho intramolecular Hbond substituents is 1. The second-order valence-corrected chi connectivity index (χ2v) is 8.48. The first-order valence-electron chi connectivity index (χ1n) is 10.9. The normalized spacial score (nSPS) is 14.3. The topological polar surface area (TPSA) is 234 Å². The molecule has 1 rings (SSSR count). The molecular weight excluding hydrogens is 462 g/mol. The Morgan fingerprint density at radius 2 is 1.40 bits per heavy atom. The molecule has 13 heteroatoms. The standard InChI is InChI=1S/C22H33N5O8/c1-11(2)7-16(22(34)35)26-21(33)17(10-28)27-20(32)15(9-18(24)30)25-19(31)14(23)8-12-3-5-13(29)6-4-12/h3-6,11,14-17,28-29H,7-10,23H2,1-2H3,(H2,24,30)(H,25,31)(H,26,33)(H,27,32)(H,34,35). The van der Waals surface area contributed by atoms with Crippen molar-refractivity contribution >= 4 is 29.6 Å². The van der Waals surface area contributed by atoms with E-state index in [1.54, 1.807) is 26.0 Å². The van der Waals surface area contributed by atoms with Crippen molar-refractivity contribution < 1.29 is 39.3 Å². The second-order valence-electron chi connectivity index (χ2n) is 8.48. The number of rotatable bonds is 14. The van der Waals surface area contributed by atoms with Crippen molar-refractivity contribution in [2.75, 3.05) is 6.61 Å². The van der Waals surface area contributed by atoms with Crippen molar-refractivity contribution in [2.45, 2.75) is 57.3 Å². The summed E-state index contributed by atoms with van der Waals surface area (Å²) in [5, 5.41) is 34.9. The Morgan fingerprint density at radius 1 is 0.886 bits per heavy atom. The van der Waals surface area contributed by atoms with Gasteiger partial charge in [-0.15, -0.1) is 0 Å². The lowest BCUT2D eigenvalue weighted by Crippen LogP contribution is -2.58. The second kappa shape index (κ2) is 13.9. The molecule has 10 N–H and O–H groups in total. The van der Waals surface area contributed by atoms with Crippen LogP contribution in [0, 0.1) is 5.92 Å². The zero-order valence-electron chi connectivity index (χ0n) is 19.6. The third-order valence-electron chi connectivity index (χ3n) is 4.90. The van der Waals surface area contributed by atoms with E-state index in [4.69, 9.17) is 11.5 Å². The summed E-state index contributed by atoms with van der Waals surface area (Å²) in [4.78, 5) is 60.5. The maximum absolute atomic E-state index is 12.7. The summed E-state index contributed by atoms with van der Waals surface area (Å²) in [5.41, 5.74) is 11.7. The third-order valence-corrected chi connectivity index (χ3v) is 4.90. The van der Waals surface area contributed by atoms with Crippen LogP contribution >= 0.6 is 0 Å². The molecule has 4 unspecified atom stereocenters. The van der Waals surface area contributed by atoms with Crippen molar-refractivity contribution in [1.29, 1.82) is 0 Å². The maximum Gasteiger partial charge on any atom is 0.326 e. The molecule has 35 heavy (non-hydrogen) atoms. The first-order chi connectivity index (χ1) is 16.3. The minimum absolute atomic E-state index is 0.0336. The van der Waals surface area contributed by atoms with Crippen LogP contribution in [0.5, 0.6) is 5.75 Å². The van der Waals surface area contributed by atoms with Crippen molar-refractivity contribution in [1.82, 2.24) is 16.0 Å². The first-order valence-corrected chi connectivity index (χ1v) is 10.9. The largest absolute Gasteiger partial charge is 0.508 e. The number of hydrogen-bond acceptors (Lipinski definition) is 8. The molecule has 0 spiro atoms. The smallest absolute Gasteiger partial charge is 0.326 e. The number of nitrogens with one attached hydrogen (secondary N) is 3.